The molecule has 11 heteroatoms. The summed E-state index contributed by atoms with van der Waals surface area (Å²) in [6.07, 6.45) is -4.53. The molecule has 180 valence electrons. The average molecular weight is 486 g/mol. The molecule has 1 aliphatic heterocycles. The van der Waals surface area contributed by atoms with Crippen LogP contribution in [0, 0.1) is 0 Å². The maximum Gasteiger partial charge on any atom is 0.416 e. The van der Waals surface area contributed by atoms with Crippen molar-refractivity contribution < 1.29 is 31.1 Å². The van der Waals surface area contributed by atoms with Crippen molar-refractivity contribution in [3.05, 3.63) is 59.7 Å². The number of hydrogen-bond donors (Lipinski definition) is 1. The Labute approximate surface area is 191 Å². The third-order valence-electron chi connectivity index (χ3n) is 5.37. The van der Waals surface area contributed by atoms with Gasteiger partial charge in [0.2, 0.25) is 10.0 Å². The summed E-state index contributed by atoms with van der Waals surface area (Å²) in [6, 6.07) is 9.78. The van der Waals surface area contributed by atoms with Crippen molar-refractivity contribution in [1.82, 2.24) is 14.5 Å². The van der Waals surface area contributed by atoms with Crippen LogP contribution in [0.25, 0.3) is 0 Å². The molecule has 1 fully saturated rings. The predicted molar refractivity (Wildman–Crippen MR) is 116 cm³/mol. The summed E-state index contributed by atoms with van der Waals surface area (Å²) in [5, 5.41) is 2.59. The number of amides is 2. The molecular formula is C22H26F3N3O4S. The maximum atomic E-state index is 13.3. The highest BCUT2D eigenvalue weighted by molar-refractivity contribution is 7.89. The SMILES string of the molecule is CCOc1ccc(S(=O)(=O)N2CCN(C(=O)NC(C)c3ccccc3C(F)(F)F)CC2)cc1. The van der Waals surface area contributed by atoms with Crippen molar-refractivity contribution >= 4 is 16.1 Å². The number of piperazine rings is 1. The quantitative estimate of drug-likeness (QED) is 0.674. The van der Waals surface area contributed by atoms with Gasteiger partial charge < -0.3 is 15.0 Å². The summed E-state index contributed by atoms with van der Waals surface area (Å²) < 4.78 is 72.2. The van der Waals surface area contributed by atoms with Crippen LogP contribution >= 0.6 is 0 Å². The summed E-state index contributed by atoms with van der Waals surface area (Å²) in [5.41, 5.74) is -0.834. The van der Waals surface area contributed by atoms with Crippen molar-refractivity contribution in [2.45, 2.75) is 31.0 Å². The van der Waals surface area contributed by atoms with Crippen LogP contribution in [0.4, 0.5) is 18.0 Å². The molecule has 33 heavy (non-hydrogen) atoms. The molecule has 2 aromatic carbocycles. The van der Waals surface area contributed by atoms with E-state index in [4.69, 9.17) is 4.74 Å². The number of carbonyl (C=O) groups excluding carboxylic acids is 1. The van der Waals surface area contributed by atoms with Crippen molar-refractivity contribution in [3.8, 4) is 5.75 Å². The Bertz CT molecular complexity index is 1070. The summed E-state index contributed by atoms with van der Waals surface area (Å²) in [7, 11) is -3.74. The fourth-order valence-corrected chi connectivity index (χ4v) is 5.06. The summed E-state index contributed by atoms with van der Waals surface area (Å²) in [5.74, 6) is 0.569. The van der Waals surface area contributed by atoms with Crippen LogP contribution in [0.2, 0.25) is 0 Å². The van der Waals surface area contributed by atoms with E-state index in [9.17, 15) is 26.4 Å². The molecule has 0 saturated carbocycles. The highest BCUT2D eigenvalue weighted by atomic mass is 32.2. The molecule has 7 nitrogen and oxygen atoms in total. The fourth-order valence-electron chi connectivity index (χ4n) is 3.64. The van der Waals surface area contributed by atoms with Gasteiger partial charge in [-0.25, -0.2) is 13.2 Å². The summed E-state index contributed by atoms with van der Waals surface area (Å²) in [6.45, 7) is 4.18. The van der Waals surface area contributed by atoms with E-state index >= 15 is 0 Å². The van der Waals surface area contributed by atoms with Crippen LogP contribution in [0.1, 0.15) is 31.0 Å². The first-order chi connectivity index (χ1) is 15.5. The second-order valence-electron chi connectivity index (χ2n) is 7.55. The van der Waals surface area contributed by atoms with Crippen molar-refractivity contribution in [2.24, 2.45) is 0 Å². The van der Waals surface area contributed by atoms with Gasteiger partial charge >= 0.3 is 12.2 Å². The largest absolute Gasteiger partial charge is 0.494 e. The number of ether oxygens (including phenoxy) is 1. The number of urea groups is 1. The lowest BCUT2D eigenvalue weighted by Gasteiger charge is -2.34. The van der Waals surface area contributed by atoms with E-state index in [1.807, 2.05) is 6.92 Å². The Morgan fingerprint density at radius 2 is 1.67 bits per heavy atom. The zero-order valence-electron chi connectivity index (χ0n) is 18.3. The predicted octanol–water partition coefficient (Wildman–Crippen LogP) is 3.88. The van der Waals surface area contributed by atoms with Crippen molar-refractivity contribution in [1.29, 1.82) is 0 Å². The number of nitrogens with zero attached hydrogens (tertiary/aromatic N) is 2. The molecule has 1 saturated heterocycles. The molecule has 1 heterocycles. The smallest absolute Gasteiger partial charge is 0.416 e. The number of hydrogen-bond acceptors (Lipinski definition) is 4. The third kappa shape index (κ3) is 5.77. The van der Waals surface area contributed by atoms with Gasteiger partial charge in [-0.05, 0) is 49.7 Å². The van der Waals surface area contributed by atoms with Gasteiger partial charge in [-0.15, -0.1) is 0 Å². The Kier molecular flexibility index (Phi) is 7.53. The van der Waals surface area contributed by atoms with Gasteiger partial charge in [0, 0.05) is 26.2 Å². The van der Waals surface area contributed by atoms with E-state index in [1.165, 1.54) is 46.5 Å². The van der Waals surface area contributed by atoms with E-state index in [0.29, 0.717) is 12.4 Å². The Morgan fingerprint density at radius 1 is 1.06 bits per heavy atom. The number of alkyl halides is 3. The molecule has 2 amide bonds. The monoisotopic (exact) mass is 485 g/mol. The first-order valence-corrected chi connectivity index (χ1v) is 11.9. The molecule has 0 aromatic heterocycles. The Balaban J connectivity index is 1.61. The van der Waals surface area contributed by atoms with Gasteiger partial charge in [0.15, 0.2) is 0 Å². The van der Waals surface area contributed by atoms with E-state index < -0.39 is 33.8 Å². The fraction of sp³-hybridized carbons (Fsp3) is 0.409. The number of carbonyl (C=O) groups is 1. The molecule has 1 unspecified atom stereocenters. The zero-order chi connectivity index (χ0) is 24.2. The Morgan fingerprint density at radius 3 is 2.24 bits per heavy atom. The van der Waals surface area contributed by atoms with E-state index in [1.54, 1.807) is 12.1 Å². The van der Waals surface area contributed by atoms with Gasteiger partial charge in [-0.3, -0.25) is 0 Å². The number of sulfonamides is 1. The molecular weight excluding hydrogens is 459 g/mol. The second-order valence-corrected chi connectivity index (χ2v) is 9.49. The minimum Gasteiger partial charge on any atom is -0.494 e. The highest BCUT2D eigenvalue weighted by Crippen LogP contribution is 2.34. The average Bonchev–Trinajstić information content (AvgIpc) is 2.79. The third-order valence-corrected chi connectivity index (χ3v) is 7.28. The second kappa shape index (κ2) is 10.0. The van der Waals surface area contributed by atoms with Gasteiger partial charge in [0.25, 0.3) is 0 Å². The number of rotatable bonds is 6. The lowest BCUT2D eigenvalue weighted by molar-refractivity contribution is -0.138. The molecule has 2 aromatic rings. The molecule has 0 aliphatic carbocycles. The molecule has 1 N–H and O–H groups in total. The molecule has 1 atom stereocenters. The standard InChI is InChI=1S/C22H26F3N3O4S/c1-3-32-17-8-10-18(11-9-17)33(30,31)28-14-12-27(13-15-28)21(29)26-16(2)19-6-4-5-7-20(19)22(23,24)25/h4-11,16H,3,12-15H2,1-2H3,(H,26,29). The molecule has 0 radical (unpaired) electrons. The van der Waals surface area contributed by atoms with Crippen LogP contribution in [0.5, 0.6) is 5.75 Å². The first-order valence-electron chi connectivity index (χ1n) is 10.5. The van der Waals surface area contributed by atoms with Gasteiger partial charge in [-0.1, -0.05) is 18.2 Å². The minimum absolute atomic E-state index is 0.0323. The summed E-state index contributed by atoms with van der Waals surface area (Å²) in [4.78, 5) is 14.1. The number of halogens is 3. The van der Waals surface area contributed by atoms with Crippen LogP contribution in [-0.4, -0.2) is 56.4 Å². The van der Waals surface area contributed by atoms with Crippen molar-refractivity contribution in [3.63, 3.8) is 0 Å². The van der Waals surface area contributed by atoms with E-state index in [0.717, 1.165) is 6.07 Å². The highest BCUT2D eigenvalue weighted by Gasteiger charge is 2.35. The summed E-state index contributed by atoms with van der Waals surface area (Å²) >= 11 is 0. The topological polar surface area (TPSA) is 79.0 Å². The molecule has 0 spiro atoms. The maximum absolute atomic E-state index is 13.3. The normalized spacial score (nSPS) is 16.3. The number of nitrogens with one attached hydrogen (secondary N) is 1. The molecule has 0 bridgehead atoms. The van der Waals surface area contributed by atoms with Gasteiger partial charge in [-0.2, -0.15) is 17.5 Å². The van der Waals surface area contributed by atoms with E-state index in [2.05, 4.69) is 5.32 Å². The van der Waals surface area contributed by atoms with Crippen LogP contribution in [0.15, 0.2) is 53.4 Å². The molecule has 3 rings (SSSR count). The lowest BCUT2D eigenvalue weighted by Crippen LogP contribution is -2.53. The van der Waals surface area contributed by atoms with Crippen molar-refractivity contribution in [2.75, 3.05) is 32.8 Å². The van der Waals surface area contributed by atoms with Gasteiger partial charge in [0.1, 0.15) is 5.75 Å². The van der Waals surface area contributed by atoms with Gasteiger partial charge in [0.05, 0.1) is 23.1 Å². The van der Waals surface area contributed by atoms with Crippen LogP contribution < -0.4 is 10.1 Å². The minimum atomic E-state index is -4.53. The first kappa shape index (κ1) is 24.8. The van der Waals surface area contributed by atoms with Crippen LogP contribution in [-0.2, 0) is 16.2 Å². The lowest BCUT2D eigenvalue weighted by atomic mass is 10.0. The molecule has 1 aliphatic rings. The Hall–Kier alpha value is -2.79. The van der Waals surface area contributed by atoms with E-state index in [-0.39, 0.29) is 36.6 Å². The number of benzene rings is 2. The van der Waals surface area contributed by atoms with Crippen LogP contribution in [0.3, 0.4) is 0 Å². The zero-order valence-corrected chi connectivity index (χ0v) is 19.1.